The van der Waals surface area contributed by atoms with Crippen LogP contribution in [0.3, 0.4) is 0 Å². The van der Waals surface area contributed by atoms with Crippen molar-refractivity contribution >= 4 is 12.6 Å². The van der Waals surface area contributed by atoms with E-state index < -0.39 is 30.6 Å². The zero-order valence-corrected chi connectivity index (χ0v) is 11.3. The molecule has 1 heterocycles. The summed E-state index contributed by atoms with van der Waals surface area (Å²) in [6.45, 7) is 7.26. The summed E-state index contributed by atoms with van der Waals surface area (Å²) in [6.07, 6.45) is -2.70. The molecular weight excluding hydrogens is 256 g/mol. The summed E-state index contributed by atoms with van der Waals surface area (Å²) in [6, 6.07) is 3.13. The molecule has 0 amide bonds. The van der Waals surface area contributed by atoms with Gasteiger partial charge in [-0.3, -0.25) is 0 Å². The number of alkyl halides is 2. The van der Waals surface area contributed by atoms with Gasteiger partial charge in [-0.15, -0.1) is 0 Å². The number of rotatable bonds is 2. The summed E-state index contributed by atoms with van der Waals surface area (Å²) >= 11 is 0. The van der Waals surface area contributed by atoms with Crippen molar-refractivity contribution in [2.24, 2.45) is 0 Å². The first-order valence-corrected chi connectivity index (χ1v) is 6.07. The first-order valence-electron chi connectivity index (χ1n) is 6.07. The molecule has 1 aliphatic heterocycles. The second-order valence-electron chi connectivity index (χ2n) is 5.66. The van der Waals surface area contributed by atoms with Gasteiger partial charge in [0.05, 0.1) is 11.2 Å². The van der Waals surface area contributed by atoms with Crippen molar-refractivity contribution in [2.75, 3.05) is 0 Å². The molecule has 0 spiro atoms. The Labute approximate surface area is 111 Å². The van der Waals surface area contributed by atoms with E-state index in [1.807, 2.05) is 27.7 Å². The van der Waals surface area contributed by atoms with Crippen molar-refractivity contribution in [3.8, 4) is 0 Å². The molecule has 2 nitrogen and oxygen atoms in total. The molecule has 0 bridgehead atoms. The molecule has 0 radical (unpaired) electrons. The number of halogens is 3. The second kappa shape index (κ2) is 4.53. The molecule has 0 N–H and O–H groups in total. The zero-order chi connectivity index (χ0) is 14.4. The van der Waals surface area contributed by atoms with Crippen LogP contribution in [0, 0.1) is 5.82 Å². The molecule has 0 saturated carbocycles. The Kier molecular flexibility index (Phi) is 3.43. The Bertz CT molecular complexity index is 473. The van der Waals surface area contributed by atoms with Crippen molar-refractivity contribution in [1.29, 1.82) is 0 Å². The van der Waals surface area contributed by atoms with Crippen LogP contribution in [-0.4, -0.2) is 18.3 Å². The zero-order valence-electron chi connectivity index (χ0n) is 11.3. The molecule has 1 aromatic rings. The first kappa shape index (κ1) is 14.4. The lowest BCUT2D eigenvalue weighted by molar-refractivity contribution is 0.00578. The molecule has 104 valence electrons. The second-order valence-corrected chi connectivity index (χ2v) is 5.66. The lowest BCUT2D eigenvalue weighted by atomic mass is 9.76. The third-order valence-corrected chi connectivity index (χ3v) is 3.79. The summed E-state index contributed by atoms with van der Waals surface area (Å²) in [7, 11) is -0.982. The van der Waals surface area contributed by atoms with Gasteiger partial charge in [-0.1, -0.05) is 6.07 Å². The predicted molar refractivity (Wildman–Crippen MR) is 67.1 cm³/mol. The minimum absolute atomic E-state index is 0.0497. The topological polar surface area (TPSA) is 18.5 Å². The van der Waals surface area contributed by atoms with Crippen LogP contribution in [0.4, 0.5) is 13.2 Å². The molecule has 1 saturated heterocycles. The average molecular weight is 272 g/mol. The van der Waals surface area contributed by atoms with E-state index in [2.05, 4.69) is 0 Å². The Hall–Kier alpha value is -1.01. The van der Waals surface area contributed by atoms with E-state index in [-0.39, 0.29) is 11.0 Å². The van der Waals surface area contributed by atoms with Crippen molar-refractivity contribution in [3.05, 3.63) is 29.6 Å². The van der Waals surface area contributed by atoms with E-state index in [9.17, 15) is 13.2 Å². The third-order valence-electron chi connectivity index (χ3n) is 3.79. The van der Waals surface area contributed by atoms with Gasteiger partial charge >= 0.3 is 7.12 Å². The fourth-order valence-corrected chi connectivity index (χ4v) is 1.92. The normalized spacial score (nSPS) is 21.2. The lowest BCUT2D eigenvalue weighted by Gasteiger charge is -2.32. The average Bonchev–Trinajstić information content (AvgIpc) is 2.47. The SMILES string of the molecule is CC1(C)OB(c2cc(F)ccc2C(F)F)OC1(C)C. The van der Waals surface area contributed by atoms with Crippen molar-refractivity contribution in [1.82, 2.24) is 0 Å². The maximum absolute atomic E-state index is 13.3. The van der Waals surface area contributed by atoms with Crippen LogP contribution < -0.4 is 5.46 Å². The molecule has 0 aliphatic carbocycles. The van der Waals surface area contributed by atoms with E-state index >= 15 is 0 Å². The predicted octanol–water partition coefficient (Wildman–Crippen LogP) is 3.06. The molecular formula is C13H16BF3O2. The molecule has 6 heteroatoms. The van der Waals surface area contributed by atoms with E-state index in [0.717, 1.165) is 18.2 Å². The Balaban J connectivity index is 2.41. The van der Waals surface area contributed by atoms with Gasteiger partial charge in [0.1, 0.15) is 5.82 Å². The van der Waals surface area contributed by atoms with Gasteiger partial charge in [0, 0.05) is 5.56 Å². The highest BCUT2D eigenvalue weighted by atomic mass is 19.3. The van der Waals surface area contributed by atoms with Gasteiger partial charge in [0.25, 0.3) is 6.43 Å². The summed E-state index contributed by atoms with van der Waals surface area (Å²) in [5.74, 6) is -0.589. The van der Waals surface area contributed by atoms with Gasteiger partial charge in [-0.25, -0.2) is 13.2 Å². The smallest absolute Gasteiger partial charge is 0.399 e. The van der Waals surface area contributed by atoms with E-state index in [4.69, 9.17) is 9.31 Å². The van der Waals surface area contributed by atoms with Gasteiger partial charge in [-0.2, -0.15) is 0 Å². The number of hydrogen-bond acceptors (Lipinski definition) is 2. The Morgan fingerprint density at radius 1 is 1.05 bits per heavy atom. The van der Waals surface area contributed by atoms with Crippen LogP contribution in [0.5, 0.6) is 0 Å². The first-order chi connectivity index (χ1) is 8.64. The highest BCUT2D eigenvalue weighted by molar-refractivity contribution is 6.62. The van der Waals surface area contributed by atoms with Crippen LogP contribution >= 0.6 is 0 Å². The Morgan fingerprint density at radius 3 is 2.05 bits per heavy atom. The summed E-state index contributed by atoms with van der Waals surface area (Å²) < 4.78 is 50.6. The highest BCUT2D eigenvalue weighted by Crippen LogP contribution is 2.37. The standard InChI is InChI=1S/C13H16BF3O2/c1-12(2)13(3,4)19-14(18-12)10-7-8(15)5-6-9(10)11(16)17/h5-7,11H,1-4H3. The maximum atomic E-state index is 13.3. The van der Waals surface area contributed by atoms with E-state index in [1.54, 1.807) is 0 Å². The van der Waals surface area contributed by atoms with Crippen molar-refractivity contribution in [2.45, 2.75) is 45.3 Å². The minimum atomic E-state index is -2.70. The third kappa shape index (κ3) is 2.51. The maximum Gasteiger partial charge on any atom is 0.495 e. The molecule has 0 aromatic heterocycles. The lowest BCUT2D eigenvalue weighted by Crippen LogP contribution is -2.41. The quantitative estimate of drug-likeness (QED) is 0.770. The van der Waals surface area contributed by atoms with Gasteiger partial charge in [0.2, 0.25) is 0 Å². The van der Waals surface area contributed by atoms with Crippen LogP contribution in [0.2, 0.25) is 0 Å². The molecule has 1 aromatic carbocycles. The van der Waals surface area contributed by atoms with Crippen LogP contribution in [0.15, 0.2) is 18.2 Å². The van der Waals surface area contributed by atoms with Crippen LogP contribution in [0.25, 0.3) is 0 Å². The summed E-state index contributed by atoms with van der Waals surface area (Å²) in [5.41, 5.74) is -1.51. The molecule has 2 rings (SSSR count). The fraction of sp³-hybridized carbons (Fsp3) is 0.538. The molecule has 0 atom stereocenters. The van der Waals surface area contributed by atoms with Crippen LogP contribution in [-0.2, 0) is 9.31 Å². The summed E-state index contributed by atoms with van der Waals surface area (Å²) in [5, 5.41) is 0. The number of benzene rings is 1. The van der Waals surface area contributed by atoms with E-state index in [0.29, 0.717) is 0 Å². The van der Waals surface area contributed by atoms with Gasteiger partial charge in [-0.05, 0) is 45.3 Å². The van der Waals surface area contributed by atoms with Gasteiger partial charge < -0.3 is 9.31 Å². The Morgan fingerprint density at radius 2 is 1.58 bits per heavy atom. The van der Waals surface area contributed by atoms with Crippen molar-refractivity contribution < 1.29 is 22.5 Å². The van der Waals surface area contributed by atoms with Crippen molar-refractivity contribution in [3.63, 3.8) is 0 Å². The fourth-order valence-electron chi connectivity index (χ4n) is 1.92. The number of hydrogen-bond donors (Lipinski definition) is 0. The molecule has 19 heavy (non-hydrogen) atoms. The summed E-state index contributed by atoms with van der Waals surface area (Å²) in [4.78, 5) is 0. The molecule has 0 unspecified atom stereocenters. The monoisotopic (exact) mass is 272 g/mol. The molecule has 1 fully saturated rings. The van der Waals surface area contributed by atoms with Crippen LogP contribution in [0.1, 0.15) is 39.7 Å². The molecule has 1 aliphatic rings. The van der Waals surface area contributed by atoms with Gasteiger partial charge in [0.15, 0.2) is 0 Å². The largest absolute Gasteiger partial charge is 0.495 e. The minimum Gasteiger partial charge on any atom is -0.399 e. The van der Waals surface area contributed by atoms with E-state index in [1.165, 1.54) is 0 Å². The highest BCUT2D eigenvalue weighted by Gasteiger charge is 2.52.